The minimum Gasteiger partial charge on any atom is -0.312 e. The smallest absolute Gasteiger partial charge is 0.141 e. The molecule has 1 aromatic carbocycles. The van der Waals surface area contributed by atoms with Gasteiger partial charge in [-0.1, -0.05) is 24.6 Å². The minimum absolute atomic E-state index is 0.0699. The topological polar surface area (TPSA) is 24.9 Å². The van der Waals surface area contributed by atoms with E-state index in [0.717, 1.165) is 5.56 Å². The first kappa shape index (κ1) is 14.0. The second kappa shape index (κ2) is 6.13. The van der Waals surface area contributed by atoms with Crippen LogP contribution in [0.1, 0.15) is 30.0 Å². The van der Waals surface area contributed by atoms with Gasteiger partial charge >= 0.3 is 0 Å². The molecule has 0 aliphatic carbocycles. The summed E-state index contributed by atoms with van der Waals surface area (Å²) in [6.45, 7) is 2.12. The molecule has 19 heavy (non-hydrogen) atoms. The summed E-state index contributed by atoms with van der Waals surface area (Å²) in [5.41, 5.74) is 2.15. The van der Waals surface area contributed by atoms with Gasteiger partial charge in [0.25, 0.3) is 0 Å². The van der Waals surface area contributed by atoms with E-state index in [9.17, 15) is 4.39 Å². The molecule has 0 saturated heterocycles. The van der Waals surface area contributed by atoms with Crippen molar-refractivity contribution >= 4 is 11.6 Å². The zero-order valence-corrected chi connectivity index (χ0v) is 11.7. The van der Waals surface area contributed by atoms with E-state index in [4.69, 9.17) is 11.6 Å². The molecule has 1 N–H and O–H groups in total. The maximum absolute atomic E-state index is 13.2. The molecule has 2 rings (SSSR count). The van der Waals surface area contributed by atoms with Crippen LogP contribution in [0, 0.1) is 5.82 Å². The fraction of sp³-hybridized carbons (Fsp3) is 0.267. The number of nitrogens with zero attached hydrogens (tertiary/aromatic N) is 1. The van der Waals surface area contributed by atoms with E-state index >= 15 is 0 Å². The molecule has 1 heterocycles. The highest BCUT2D eigenvalue weighted by Gasteiger charge is 2.20. The van der Waals surface area contributed by atoms with Crippen molar-refractivity contribution in [2.45, 2.75) is 18.9 Å². The van der Waals surface area contributed by atoms with Gasteiger partial charge < -0.3 is 5.32 Å². The summed E-state index contributed by atoms with van der Waals surface area (Å²) < 4.78 is 13.2. The SMILES string of the molecule is CNC(c1ccc(F)c(Cl)c1)C(C)c1ccncc1. The molecule has 0 aliphatic rings. The van der Waals surface area contributed by atoms with Gasteiger partial charge in [-0.05, 0) is 42.4 Å². The molecule has 100 valence electrons. The molecule has 0 spiro atoms. The number of hydrogen-bond donors (Lipinski definition) is 1. The Labute approximate surface area is 117 Å². The normalized spacial score (nSPS) is 14.1. The largest absolute Gasteiger partial charge is 0.312 e. The van der Waals surface area contributed by atoms with Crippen LogP contribution in [0.15, 0.2) is 42.7 Å². The van der Waals surface area contributed by atoms with Crippen molar-refractivity contribution in [1.82, 2.24) is 10.3 Å². The predicted octanol–water partition coefficient (Wildman–Crippen LogP) is 3.94. The van der Waals surface area contributed by atoms with E-state index in [1.807, 2.05) is 19.2 Å². The van der Waals surface area contributed by atoms with Gasteiger partial charge in [-0.3, -0.25) is 4.98 Å². The highest BCUT2D eigenvalue weighted by atomic mass is 35.5. The first-order valence-corrected chi connectivity index (χ1v) is 6.53. The zero-order chi connectivity index (χ0) is 13.8. The van der Waals surface area contributed by atoms with Gasteiger partial charge in [0.1, 0.15) is 5.82 Å². The van der Waals surface area contributed by atoms with Crippen molar-refractivity contribution in [3.8, 4) is 0 Å². The van der Waals surface area contributed by atoms with E-state index < -0.39 is 5.82 Å². The summed E-state index contributed by atoms with van der Waals surface area (Å²) in [4.78, 5) is 4.02. The van der Waals surface area contributed by atoms with E-state index in [1.165, 1.54) is 11.6 Å². The number of hydrogen-bond acceptors (Lipinski definition) is 2. The molecule has 0 saturated carbocycles. The van der Waals surface area contributed by atoms with Crippen LogP contribution in [0.25, 0.3) is 0 Å². The van der Waals surface area contributed by atoms with Crippen LogP contribution in [0.5, 0.6) is 0 Å². The molecule has 0 aliphatic heterocycles. The molecule has 0 radical (unpaired) electrons. The Bertz CT molecular complexity index is 545. The summed E-state index contributed by atoms with van der Waals surface area (Å²) >= 11 is 5.85. The Hall–Kier alpha value is -1.45. The summed E-state index contributed by atoms with van der Waals surface area (Å²) in [5.74, 6) is -0.161. The molecule has 4 heteroatoms. The molecule has 0 amide bonds. The second-order valence-corrected chi connectivity index (χ2v) is 4.92. The van der Waals surface area contributed by atoms with Gasteiger partial charge in [-0.15, -0.1) is 0 Å². The number of pyridine rings is 1. The van der Waals surface area contributed by atoms with Crippen molar-refractivity contribution in [3.05, 3.63) is 64.7 Å². The van der Waals surface area contributed by atoms with Crippen molar-refractivity contribution in [2.75, 3.05) is 7.05 Å². The van der Waals surface area contributed by atoms with Gasteiger partial charge in [-0.2, -0.15) is 0 Å². The van der Waals surface area contributed by atoms with Crippen molar-refractivity contribution in [1.29, 1.82) is 0 Å². The van der Waals surface area contributed by atoms with Gasteiger partial charge in [0.15, 0.2) is 0 Å². The second-order valence-electron chi connectivity index (χ2n) is 4.51. The minimum atomic E-state index is -0.392. The number of nitrogens with one attached hydrogen (secondary N) is 1. The number of halogens is 2. The third kappa shape index (κ3) is 3.11. The fourth-order valence-corrected chi connectivity index (χ4v) is 2.46. The monoisotopic (exact) mass is 278 g/mol. The Kier molecular flexibility index (Phi) is 4.51. The number of likely N-dealkylation sites (N-methyl/N-ethyl adjacent to an activating group) is 1. The summed E-state index contributed by atoms with van der Waals surface area (Å²) in [6.07, 6.45) is 3.55. The Balaban J connectivity index is 2.31. The molecule has 2 nitrogen and oxygen atoms in total. The molecule has 2 atom stereocenters. The average molecular weight is 279 g/mol. The lowest BCUT2D eigenvalue weighted by atomic mass is 9.89. The molecule has 2 aromatic rings. The molecule has 0 bridgehead atoms. The Morgan fingerprint density at radius 3 is 2.42 bits per heavy atom. The number of benzene rings is 1. The first-order chi connectivity index (χ1) is 9.13. The van der Waals surface area contributed by atoms with Crippen LogP contribution >= 0.6 is 11.6 Å². The van der Waals surface area contributed by atoms with Crippen LogP contribution in [-0.4, -0.2) is 12.0 Å². The maximum Gasteiger partial charge on any atom is 0.141 e. The van der Waals surface area contributed by atoms with Crippen LogP contribution in [0.2, 0.25) is 5.02 Å². The van der Waals surface area contributed by atoms with Crippen molar-refractivity contribution < 1.29 is 4.39 Å². The van der Waals surface area contributed by atoms with E-state index in [2.05, 4.69) is 17.2 Å². The maximum atomic E-state index is 13.2. The summed E-state index contributed by atoms with van der Waals surface area (Å²) in [6, 6.07) is 8.89. The Morgan fingerprint density at radius 1 is 1.16 bits per heavy atom. The highest BCUT2D eigenvalue weighted by molar-refractivity contribution is 6.30. The third-order valence-electron chi connectivity index (χ3n) is 3.35. The third-order valence-corrected chi connectivity index (χ3v) is 3.64. The Morgan fingerprint density at radius 2 is 1.84 bits per heavy atom. The van der Waals surface area contributed by atoms with Crippen LogP contribution in [0.4, 0.5) is 4.39 Å². The summed E-state index contributed by atoms with van der Waals surface area (Å²) in [7, 11) is 1.89. The lowest BCUT2D eigenvalue weighted by molar-refractivity contribution is 0.506. The summed E-state index contributed by atoms with van der Waals surface area (Å²) in [5, 5.41) is 3.41. The average Bonchev–Trinajstić information content (AvgIpc) is 2.44. The molecular weight excluding hydrogens is 263 g/mol. The van der Waals surface area contributed by atoms with Crippen molar-refractivity contribution in [3.63, 3.8) is 0 Å². The van der Waals surface area contributed by atoms with Crippen molar-refractivity contribution in [2.24, 2.45) is 0 Å². The van der Waals surface area contributed by atoms with E-state index in [0.29, 0.717) is 0 Å². The molecule has 0 fully saturated rings. The van der Waals surface area contributed by atoms with Gasteiger partial charge in [-0.25, -0.2) is 4.39 Å². The van der Waals surface area contributed by atoms with E-state index in [1.54, 1.807) is 24.5 Å². The zero-order valence-electron chi connectivity index (χ0n) is 10.9. The van der Waals surface area contributed by atoms with Gasteiger partial charge in [0, 0.05) is 24.4 Å². The quantitative estimate of drug-likeness (QED) is 0.916. The lowest BCUT2D eigenvalue weighted by Crippen LogP contribution is -2.22. The molecular formula is C15H16ClFN2. The van der Waals surface area contributed by atoms with Gasteiger partial charge in [0.05, 0.1) is 5.02 Å². The predicted molar refractivity (Wildman–Crippen MR) is 75.9 cm³/mol. The highest BCUT2D eigenvalue weighted by Crippen LogP contribution is 2.31. The number of rotatable bonds is 4. The molecule has 1 aromatic heterocycles. The van der Waals surface area contributed by atoms with Gasteiger partial charge in [0.2, 0.25) is 0 Å². The van der Waals surface area contributed by atoms with Crippen LogP contribution < -0.4 is 5.32 Å². The number of aromatic nitrogens is 1. The fourth-order valence-electron chi connectivity index (χ4n) is 2.27. The first-order valence-electron chi connectivity index (χ1n) is 6.15. The lowest BCUT2D eigenvalue weighted by Gasteiger charge is -2.24. The van der Waals surface area contributed by atoms with Crippen LogP contribution in [0.3, 0.4) is 0 Å². The van der Waals surface area contributed by atoms with Crippen LogP contribution in [-0.2, 0) is 0 Å². The van der Waals surface area contributed by atoms with E-state index in [-0.39, 0.29) is 17.0 Å². The standard InChI is InChI=1S/C15H16ClFN2/c1-10(11-5-7-19-8-6-11)15(18-2)12-3-4-14(17)13(16)9-12/h3-10,15,18H,1-2H3. The molecule has 2 unspecified atom stereocenters.